The number of ether oxygens (including phenoxy) is 2. The standard InChI is InChI=1S/C41H78N2O4/c1-5-7-9-11-13-21-30-38-46-40(44)32-24-17-15-19-27-35-43(37-29-23-26-34-42(3)4)36-28-20-16-18-25-33-41(45)47-39-31-22-14-12-10-8-6-2/h21-22,30-31H,5-20,23-29,32-39H2,1-4H3. The highest BCUT2D eigenvalue weighted by Crippen LogP contribution is 2.12. The van der Waals surface area contributed by atoms with E-state index >= 15 is 0 Å². The van der Waals surface area contributed by atoms with Crippen LogP contribution in [0.15, 0.2) is 24.3 Å². The number of esters is 2. The minimum atomic E-state index is -0.0581. The van der Waals surface area contributed by atoms with E-state index in [0.29, 0.717) is 26.1 Å². The molecule has 0 aromatic heterocycles. The number of carbonyl (C=O) groups is 2. The molecule has 0 fully saturated rings. The van der Waals surface area contributed by atoms with Crippen molar-refractivity contribution in [1.29, 1.82) is 0 Å². The monoisotopic (exact) mass is 663 g/mol. The molecule has 0 aromatic carbocycles. The number of nitrogens with zero attached hydrogens (tertiary/aromatic N) is 2. The van der Waals surface area contributed by atoms with Crippen LogP contribution in [0.4, 0.5) is 0 Å². The van der Waals surface area contributed by atoms with E-state index in [1.54, 1.807) is 0 Å². The summed E-state index contributed by atoms with van der Waals surface area (Å²) in [5.41, 5.74) is 0. The lowest BCUT2D eigenvalue weighted by atomic mass is 10.1. The second-order valence-electron chi connectivity index (χ2n) is 13.7. The average Bonchev–Trinajstić information content (AvgIpc) is 3.05. The number of hydrogen-bond acceptors (Lipinski definition) is 6. The Labute approximate surface area is 292 Å². The van der Waals surface area contributed by atoms with E-state index in [1.807, 2.05) is 12.2 Å². The molecular formula is C41H78N2O4. The molecule has 0 amide bonds. The zero-order chi connectivity index (χ0) is 34.5. The van der Waals surface area contributed by atoms with Crippen LogP contribution in [0.3, 0.4) is 0 Å². The van der Waals surface area contributed by atoms with Crippen molar-refractivity contribution in [2.45, 2.75) is 174 Å². The van der Waals surface area contributed by atoms with Gasteiger partial charge >= 0.3 is 11.9 Å². The smallest absolute Gasteiger partial charge is 0.306 e. The lowest BCUT2D eigenvalue weighted by Gasteiger charge is -2.22. The second kappa shape index (κ2) is 37.2. The molecule has 0 aliphatic heterocycles. The molecule has 276 valence electrons. The van der Waals surface area contributed by atoms with Crippen molar-refractivity contribution in [3.05, 3.63) is 24.3 Å². The van der Waals surface area contributed by atoms with E-state index < -0.39 is 0 Å². The summed E-state index contributed by atoms with van der Waals surface area (Å²) in [5.74, 6) is -0.116. The van der Waals surface area contributed by atoms with Gasteiger partial charge in [0.15, 0.2) is 0 Å². The maximum Gasteiger partial charge on any atom is 0.306 e. The summed E-state index contributed by atoms with van der Waals surface area (Å²) in [6.45, 7) is 10.0. The number of allylic oxidation sites excluding steroid dienone is 2. The molecule has 6 heteroatoms. The molecule has 0 aromatic rings. The van der Waals surface area contributed by atoms with Crippen LogP contribution in [0.1, 0.15) is 174 Å². The molecule has 0 aliphatic rings. The maximum atomic E-state index is 12.0. The first-order valence-electron chi connectivity index (χ1n) is 20.0. The topological polar surface area (TPSA) is 59.1 Å². The Morgan fingerprint density at radius 3 is 1.23 bits per heavy atom. The van der Waals surface area contributed by atoms with Crippen molar-refractivity contribution in [2.75, 3.05) is 53.5 Å². The highest BCUT2D eigenvalue weighted by molar-refractivity contribution is 5.69. The molecule has 0 spiro atoms. The molecule has 0 N–H and O–H groups in total. The third kappa shape index (κ3) is 37.0. The fourth-order valence-corrected chi connectivity index (χ4v) is 5.72. The van der Waals surface area contributed by atoms with Gasteiger partial charge < -0.3 is 19.3 Å². The van der Waals surface area contributed by atoms with Crippen molar-refractivity contribution in [3.63, 3.8) is 0 Å². The Bertz CT molecular complexity index is 685. The quantitative estimate of drug-likeness (QED) is 0.0378. The SMILES string of the molecule is CCCCCCC=CCOC(=O)CCCCCCCN(CCCCCCCC(=O)OCC=CCCCCCC)CCCCCN(C)C. The van der Waals surface area contributed by atoms with Crippen molar-refractivity contribution in [2.24, 2.45) is 0 Å². The van der Waals surface area contributed by atoms with Gasteiger partial charge in [-0.3, -0.25) is 9.59 Å². The van der Waals surface area contributed by atoms with Gasteiger partial charge in [0.05, 0.1) is 0 Å². The van der Waals surface area contributed by atoms with Crippen molar-refractivity contribution < 1.29 is 19.1 Å². The lowest BCUT2D eigenvalue weighted by Crippen LogP contribution is -2.27. The van der Waals surface area contributed by atoms with Gasteiger partial charge in [0.25, 0.3) is 0 Å². The lowest BCUT2D eigenvalue weighted by molar-refractivity contribution is -0.143. The van der Waals surface area contributed by atoms with Gasteiger partial charge in [-0.2, -0.15) is 0 Å². The maximum absolute atomic E-state index is 12.0. The summed E-state index contributed by atoms with van der Waals surface area (Å²) in [5, 5.41) is 0. The molecule has 6 nitrogen and oxygen atoms in total. The van der Waals surface area contributed by atoms with E-state index in [4.69, 9.17) is 9.47 Å². The average molecular weight is 663 g/mol. The van der Waals surface area contributed by atoms with Crippen LogP contribution in [0.2, 0.25) is 0 Å². The first kappa shape index (κ1) is 45.3. The fourth-order valence-electron chi connectivity index (χ4n) is 5.72. The van der Waals surface area contributed by atoms with Gasteiger partial charge in [0.1, 0.15) is 13.2 Å². The van der Waals surface area contributed by atoms with Crippen LogP contribution < -0.4 is 0 Å². The summed E-state index contributed by atoms with van der Waals surface area (Å²) in [7, 11) is 4.31. The van der Waals surface area contributed by atoms with Crippen LogP contribution >= 0.6 is 0 Å². The van der Waals surface area contributed by atoms with E-state index in [0.717, 1.165) is 38.5 Å². The molecule has 0 bridgehead atoms. The molecule has 0 saturated carbocycles. The van der Waals surface area contributed by atoms with E-state index in [2.05, 4.69) is 49.9 Å². The van der Waals surface area contributed by atoms with Crippen molar-refractivity contribution in [1.82, 2.24) is 9.80 Å². The van der Waals surface area contributed by atoms with E-state index in [1.165, 1.54) is 135 Å². The molecule has 0 rings (SSSR count). The van der Waals surface area contributed by atoms with E-state index in [9.17, 15) is 9.59 Å². The number of unbranched alkanes of at least 4 members (excludes halogenated alkanes) is 18. The molecule has 0 atom stereocenters. The first-order chi connectivity index (χ1) is 23.0. The number of carbonyl (C=O) groups excluding carboxylic acids is 2. The summed E-state index contributed by atoms with van der Waals surface area (Å²) >= 11 is 0. The Balaban J connectivity index is 3.99. The minimum absolute atomic E-state index is 0.0581. The van der Waals surface area contributed by atoms with Crippen LogP contribution in [-0.4, -0.2) is 75.2 Å². The fraction of sp³-hybridized carbons (Fsp3) is 0.854. The Morgan fingerprint density at radius 2 is 0.809 bits per heavy atom. The van der Waals surface area contributed by atoms with Gasteiger partial charge in [-0.15, -0.1) is 0 Å². The molecule has 0 aliphatic carbocycles. The largest absolute Gasteiger partial charge is 0.461 e. The second-order valence-corrected chi connectivity index (χ2v) is 13.7. The van der Waals surface area contributed by atoms with Crippen LogP contribution in [0.25, 0.3) is 0 Å². The zero-order valence-electron chi connectivity index (χ0n) is 31.8. The summed E-state index contributed by atoms with van der Waals surface area (Å²) in [6.07, 6.45) is 37.0. The predicted molar refractivity (Wildman–Crippen MR) is 202 cm³/mol. The molecule has 0 radical (unpaired) electrons. The molecule has 47 heavy (non-hydrogen) atoms. The Morgan fingerprint density at radius 1 is 0.447 bits per heavy atom. The molecular weight excluding hydrogens is 584 g/mol. The van der Waals surface area contributed by atoms with Crippen LogP contribution in [-0.2, 0) is 19.1 Å². The normalized spacial score (nSPS) is 11.9. The highest BCUT2D eigenvalue weighted by atomic mass is 16.5. The van der Waals surface area contributed by atoms with Crippen LogP contribution in [0.5, 0.6) is 0 Å². The van der Waals surface area contributed by atoms with Gasteiger partial charge in [-0.05, 0) is 104 Å². The summed E-state index contributed by atoms with van der Waals surface area (Å²) < 4.78 is 10.7. The molecule has 0 heterocycles. The van der Waals surface area contributed by atoms with Crippen LogP contribution in [0, 0.1) is 0 Å². The third-order valence-corrected chi connectivity index (χ3v) is 8.75. The minimum Gasteiger partial charge on any atom is -0.461 e. The Kier molecular flexibility index (Phi) is 35.9. The van der Waals surface area contributed by atoms with Gasteiger partial charge in [-0.25, -0.2) is 0 Å². The molecule has 0 unspecified atom stereocenters. The molecule has 0 saturated heterocycles. The highest BCUT2D eigenvalue weighted by Gasteiger charge is 2.07. The van der Waals surface area contributed by atoms with Crippen molar-refractivity contribution in [3.8, 4) is 0 Å². The predicted octanol–water partition coefficient (Wildman–Crippen LogP) is 10.8. The van der Waals surface area contributed by atoms with E-state index in [-0.39, 0.29) is 11.9 Å². The summed E-state index contributed by atoms with van der Waals surface area (Å²) in [4.78, 5) is 28.9. The van der Waals surface area contributed by atoms with Gasteiger partial charge in [0.2, 0.25) is 0 Å². The summed E-state index contributed by atoms with van der Waals surface area (Å²) in [6, 6.07) is 0. The number of hydrogen-bond donors (Lipinski definition) is 0. The Hall–Kier alpha value is -1.66. The van der Waals surface area contributed by atoms with Gasteiger partial charge in [-0.1, -0.05) is 122 Å². The number of rotatable bonds is 36. The third-order valence-electron chi connectivity index (χ3n) is 8.75. The first-order valence-corrected chi connectivity index (χ1v) is 20.0. The van der Waals surface area contributed by atoms with Crippen molar-refractivity contribution >= 4 is 11.9 Å². The zero-order valence-corrected chi connectivity index (χ0v) is 31.8. The van der Waals surface area contributed by atoms with Gasteiger partial charge in [0, 0.05) is 12.8 Å².